The number of nitrogens with zero attached hydrogens (tertiary/aromatic N) is 5. The molecule has 1 aromatic heterocycles. The Balaban J connectivity index is 0.868. The average molecular weight is 614 g/mol. The lowest BCUT2D eigenvalue weighted by molar-refractivity contribution is -0.136. The summed E-state index contributed by atoms with van der Waals surface area (Å²) in [4.78, 5) is 68.5. The fraction of sp³-hybridized carbons (Fsp3) is 0.576. The van der Waals surface area contributed by atoms with Crippen LogP contribution in [-0.4, -0.2) is 87.4 Å². The minimum Gasteiger partial charge on any atom is -0.371 e. The molecular weight excluding hydrogens is 574 g/mol. The van der Waals surface area contributed by atoms with Crippen LogP contribution in [0.2, 0.25) is 0 Å². The van der Waals surface area contributed by atoms with E-state index in [1.165, 1.54) is 5.56 Å². The molecule has 8 rings (SSSR count). The molecule has 6 aliphatic rings. The molecule has 4 aliphatic heterocycles. The number of fused-ring (bicyclic) bond motifs is 2. The highest BCUT2D eigenvalue weighted by Gasteiger charge is 2.48. The highest BCUT2D eigenvalue weighted by Crippen LogP contribution is 2.44. The number of carbonyl (C=O) groups excluding carboxylic acids is 5. The molecule has 0 spiro atoms. The number of carbonyl (C=O) groups is 5. The molecule has 3 unspecified atom stereocenters. The second-order valence-electron chi connectivity index (χ2n) is 14.0. The maximum absolute atomic E-state index is 13.3. The van der Waals surface area contributed by atoms with Gasteiger partial charge in [-0.3, -0.25) is 38.9 Å². The maximum Gasteiger partial charge on any atom is 0.262 e. The van der Waals surface area contributed by atoms with E-state index < -0.39 is 29.3 Å². The highest BCUT2D eigenvalue weighted by atomic mass is 16.2. The van der Waals surface area contributed by atoms with Crippen LogP contribution in [0.3, 0.4) is 0 Å². The van der Waals surface area contributed by atoms with Crippen LogP contribution in [0.1, 0.15) is 90.0 Å². The Morgan fingerprint density at radius 2 is 1.67 bits per heavy atom. The van der Waals surface area contributed by atoms with Crippen molar-refractivity contribution in [2.24, 2.45) is 17.6 Å². The predicted molar refractivity (Wildman–Crippen MR) is 162 cm³/mol. The van der Waals surface area contributed by atoms with Crippen molar-refractivity contribution < 1.29 is 24.0 Å². The van der Waals surface area contributed by atoms with Crippen LogP contribution in [0.25, 0.3) is 0 Å². The summed E-state index contributed by atoms with van der Waals surface area (Å²) in [6.07, 6.45) is 11.3. The van der Waals surface area contributed by atoms with Crippen LogP contribution in [0.15, 0.2) is 30.6 Å². The van der Waals surface area contributed by atoms with Crippen LogP contribution in [0.4, 0.5) is 5.69 Å². The Bertz CT molecular complexity index is 1590. The van der Waals surface area contributed by atoms with Gasteiger partial charge in [-0.25, -0.2) is 0 Å². The SMILES string of the molecule is NC(=O)C1(n2cc(C3CCN(C4CC5CN(c6ccc7c(c6)C(=O)N(C6CCC(=O)NC6=O)C7=O)CC5C4)CC3)cn2)CCC1. The topological polar surface area (TPSA) is 151 Å². The zero-order chi connectivity index (χ0) is 31.0. The molecule has 2 aliphatic carbocycles. The Morgan fingerprint density at radius 1 is 0.956 bits per heavy atom. The van der Waals surface area contributed by atoms with E-state index in [9.17, 15) is 24.0 Å². The van der Waals surface area contributed by atoms with E-state index >= 15 is 0 Å². The van der Waals surface area contributed by atoms with Crippen molar-refractivity contribution in [3.63, 3.8) is 0 Å². The molecule has 0 bridgehead atoms. The molecule has 2 aromatic rings. The minimum atomic E-state index is -0.953. The van der Waals surface area contributed by atoms with Crippen molar-refractivity contribution in [2.75, 3.05) is 31.1 Å². The normalized spacial score (nSPS) is 30.0. The van der Waals surface area contributed by atoms with Gasteiger partial charge in [0.05, 0.1) is 17.3 Å². The molecule has 5 fully saturated rings. The van der Waals surface area contributed by atoms with Crippen LogP contribution >= 0.6 is 0 Å². The fourth-order valence-electron chi connectivity index (χ4n) is 8.91. The number of imide groups is 2. The van der Waals surface area contributed by atoms with Gasteiger partial charge >= 0.3 is 0 Å². The number of nitrogens with one attached hydrogen (secondary N) is 1. The maximum atomic E-state index is 13.3. The van der Waals surface area contributed by atoms with Crippen molar-refractivity contribution in [2.45, 2.75) is 81.3 Å². The van der Waals surface area contributed by atoms with E-state index in [-0.39, 0.29) is 24.7 Å². The highest BCUT2D eigenvalue weighted by molar-refractivity contribution is 6.23. The Labute approximate surface area is 261 Å². The summed E-state index contributed by atoms with van der Waals surface area (Å²) in [5, 5.41) is 6.81. The molecule has 12 nitrogen and oxygen atoms in total. The lowest BCUT2D eigenvalue weighted by Crippen LogP contribution is -2.54. The third-order valence-electron chi connectivity index (χ3n) is 11.7. The number of benzene rings is 1. The Hall–Kier alpha value is -4.06. The van der Waals surface area contributed by atoms with Gasteiger partial charge in [0, 0.05) is 37.4 Å². The first kappa shape index (κ1) is 28.4. The molecular formula is C33H39N7O5. The summed E-state index contributed by atoms with van der Waals surface area (Å²) in [6, 6.07) is 5.07. The number of nitrogens with two attached hydrogens (primary N) is 1. The summed E-state index contributed by atoms with van der Waals surface area (Å²) >= 11 is 0. The fourth-order valence-corrected chi connectivity index (χ4v) is 8.91. The standard InChI is InChI=1S/C33H39N7O5/c34-32(45)33(8-1-9-33)39-18-22(15-35-39)19-6-10-37(11-7-19)24-12-20-16-38(17-21(20)13-24)23-2-3-25-26(14-23)31(44)40(30(25)43)27-4-5-28(41)36-29(27)42/h2-3,14-15,18-21,24,27H,1,4-13,16-17H2,(H2,34,45)(H,36,41,42). The lowest BCUT2D eigenvalue weighted by Gasteiger charge is -2.39. The van der Waals surface area contributed by atoms with E-state index in [4.69, 9.17) is 5.73 Å². The quantitative estimate of drug-likeness (QED) is 0.468. The van der Waals surface area contributed by atoms with Crippen LogP contribution in [-0.2, 0) is 19.9 Å². The first-order valence-electron chi connectivity index (χ1n) is 16.4. The predicted octanol–water partition coefficient (Wildman–Crippen LogP) is 1.74. The number of amides is 5. The first-order chi connectivity index (χ1) is 21.7. The number of piperidine rings is 2. The van der Waals surface area contributed by atoms with Crippen LogP contribution < -0.4 is 16.0 Å². The third-order valence-corrected chi connectivity index (χ3v) is 11.7. The van der Waals surface area contributed by atoms with Gasteiger partial charge < -0.3 is 15.5 Å². The van der Waals surface area contributed by atoms with E-state index in [1.54, 1.807) is 6.07 Å². The number of hydrogen-bond donors (Lipinski definition) is 2. The number of aromatic nitrogens is 2. The summed E-state index contributed by atoms with van der Waals surface area (Å²) in [6.45, 7) is 3.98. The van der Waals surface area contributed by atoms with Gasteiger partial charge in [0.25, 0.3) is 11.8 Å². The third kappa shape index (κ3) is 4.51. The van der Waals surface area contributed by atoms with E-state index in [2.05, 4.69) is 26.4 Å². The smallest absolute Gasteiger partial charge is 0.262 e. The van der Waals surface area contributed by atoms with Gasteiger partial charge in [-0.05, 0) is 106 Å². The van der Waals surface area contributed by atoms with Gasteiger partial charge in [-0.15, -0.1) is 0 Å². The number of hydrogen-bond acceptors (Lipinski definition) is 8. The number of likely N-dealkylation sites (tertiary alicyclic amines) is 1. The van der Waals surface area contributed by atoms with Crippen molar-refractivity contribution >= 4 is 35.2 Å². The molecule has 5 amide bonds. The van der Waals surface area contributed by atoms with Gasteiger partial charge in [0.1, 0.15) is 11.6 Å². The molecule has 45 heavy (non-hydrogen) atoms. The van der Waals surface area contributed by atoms with Crippen molar-refractivity contribution in [1.82, 2.24) is 24.9 Å². The molecule has 2 saturated carbocycles. The van der Waals surface area contributed by atoms with Crippen molar-refractivity contribution in [3.05, 3.63) is 47.3 Å². The zero-order valence-electron chi connectivity index (χ0n) is 25.3. The van der Waals surface area contributed by atoms with Crippen molar-refractivity contribution in [3.8, 4) is 0 Å². The first-order valence-corrected chi connectivity index (χ1v) is 16.4. The van der Waals surface area contributed by atoms with Crippen molar-refractivity contribution in [1.29, 1.82) is 0 Å². The van der Waals surface area contributed by atoms with E-state index in [0.717, 1.165) is 81.7 Å². The second-order valence-corrected chi connectivity index (χ2v) is 14.0. The second kappa shape index (κ2) is 10.5. The molecule has 3 atom stereocenters. The Morgan fingerprint density at radius 3 is 2.31 bits per heavy atom. The summed E-state index contributed by atoms with van der Waals surface area (Å²) in [5.41, 5.74) is 7.92. The van der Waals surface area contributed by atoms with Gasteiger partial charge in [-0.1, -0.05) is 0 Å². The molecule has 5 heterocycles. The summed E-state index contributed by atoms with van der Waals surface area (Å²) in [5.74, 6) is -0.552. The number of anilines is 1. The average Bonchev–Trinajstić information content (AvgIpc) is 3.77. The minimum absolute atomic E-state index is 0.106. The van der Waals surface area contributed by atoms with E-state index in [0.29, 0.717) is 34.9 Å². The van der Waals surface area contributed by atoms with E-state index in [1.807, 2.05) is 23.0 Å². The largest absolute Gasteiger partial charge is 0.371 e. The molecule has 3 saturated heterocycles. The zero-order valence-corrected chi connectivity index (χ0v) is 25.3. The van der Waals surface area contributed by atoms with Gasteiger partial charge in [0.15, 0.2) is 0 Å². The number of primary amides is 1. The lowest BCUT2D eigenvalue weighted by atomic mass is 9.76. The summed E-state index contributed by atoms with van der Waals surface area (Å²) < 4.78 is 1.83. The van der Waals surface area contributed by atoms with Gasteiger partial charge in [0.2, 0.25) is 17.7 Å². The Kier molecular flexibility index (Phi) is 6.63. The molecule has 0 radical (unpaired) electrons. The van der Waals surface area contributed by atoms with Gasteiger partial charge in [-0.2, -0.15) is 5.10 Å². The van der Waals surface area contributed by atoms with Crippen LogP contribution in [0, 0.1) is 11.8 Å². The molecule has 12 heteroatoms. The monoisotopic (exact) mass is 613 g/mol. The molecule has 1 aromatic carbocycles. The van der Waals surface area contributed by atoms with Crippen LogP contribution in [0.5, 0.6) is 0 Å². The summed E-state index contributed by atoms with van der Waals surface area (Å²) in [7, 11) is 0. The molecule has 236 valence electrons. The number of rotatable bonds is 6. The molecule has 3 N–H and O–H groups in total.